The van der Waals surface area contributed by atoms with Gasteiger partial charge in [0.25, 0.3) is 0 Å². The number of piperidine rings is 1. The smallest absolute Gasteiger partial charge is 0.328 e. The molecule has 2 heterocycles. The average molecular weight is 444 g/mol. The maximum Gasteiger partial charge on any atom is 0.328 e. The number of rotatable bonds is 4. The summed E-state index contributed by atoms with van der Waals surface area (Å²) >= 11 is 5.61. The molecule has 144 valence electrons. The van der Waals surface area contributed by atoms with Gasteiger partial charge in [0.05, 0.1) is 9.33 Å². The zero-order valence-corrected chi connectivity index (χ0v) is 17.2. The number of carbonyl (C=O) groups is 2. The fourth-order valence-corrected chi connectivity index (χ4v) is 5.54. The summed E-state index contributed by atoms with van der Waals surface area (Å²) in [7, 11) is 0. The van der Waals surface area contributed by atoms with Gasteiger partial charge in [0.2, 0.25) is 0 Å². The number of likely N-dealkylation sites (tertiary alicyclic amines) is 1. The first-order valence-electron chi connectivity index (χ1n) is 9.09. The number of nitrogens with zero attached hydrogens (tertiary/aromatic N) is 1. The quantitative estimate of drug-likeness (QED) is 0.648. The lowest BCUT2D eigenvalue weighted by molar-refractivity contribution is -0.134. The lowest BCUT2D eigenvalue weighted by atomic mass is 9.78. The molecule has 2 fully saturated rings. The Balaban J connectivity index is 0.000000260. The second kappa shape index (κ2) is 10.2. The molecule has 1 aliphatic heterocycles. The number of hydrogen-bond donors (Lipinski definition) is 2. The van der Waals surface area contributed by atoms with Crippen LogP contribution in [-0.4, -0.2) is 40.1 Å². The number of aliphatic carboxylic acids is 2. The molecular weight excluding hydrogens is 418 g/mol. The zero-order chi connectivity index (χ0) is 19.0. The van der Waals surface area contributed by atoms with Crippen LogP contribution in [-0.2, 0) is 15.1 Å². The molecule has 2 N–H and O–H groups in total. The molecule has 5 nitrogen and oxygen atoms in total. The Morgan fingerprint density at radius 1 is 0.962 bits per heavy atom. The minimum atomic E-state index is -1.26. The Labute approximate surface area is 166 Å². The van der Waals surface area contributed by atoms with Crippen molar-refractivity contribution in [2.24, 2.45) is 0 Å². The molecule has 0 atom stereocenters. The van der Waals surface area contributed by atoms with Gasteiger partial charge in [-0.1, -0.05) is 25.7 Å². The van der Waals surface area contributed by atoms with E-state index in [1.807, 2.05) is 11.3 Å². The van der Waals surface area contributed by atoms with E-state index in [4.69, 9.17) is 10.2 Å². The summed E-state index contributed by atoms with van der Waals surface area (Å²) in [5.74, 6) is -2.51. The van der Waals surface area contributed by atoms with Gasteiger partial charge < -0.3 is 10.2 Å². The Morgan fingerprint density at radius 2 is 1.50 bits per heavy atom. The maximum absolute atomic E-state index is 9.55. The van der Waals surface area contributed by atoms with Gasteiger partial charge >= 0.3 is 11.9 Å². The third-order valence-electron chi connectivity index (χ3n) is 5.04. The van der Waals surface area contributed by atoms with E-state index in [2.05, 4.69) is 33.0 Å². The molecule has 0 unspecified atom stereocenters. The first-order valence-corrected chi connectivity index (χ1v) is 10.7. The molecule has 7 heteroatoms. The van der Waals surface area contributed by atoms with Crippen LogP contribution in [0.25, 0.3) is 0 Å². The molecule has 1 aliphatic carbocycles. The fraction of sp³-hybridized carbons (Fsp3) is 0.579. The monoisotopic (exact) mass is 443 g/mol. The SMILES string of the molecule is Brc1ccc(C2(N3CCCCC3)CCCCC2)s1.O=C(O)/C=C\C(=O)O. The average Bonchev–Trinajstić information content (AvgIpc) is 3.09. The van der Waals surface area contributed by atoms with E-state index in [0.717, 1.165) is 0 Å². The maximum atomic E-state index is 9.55. The first kappa shape index (κ1) is 21.1. The topological polar surface area (TPSA) is 77.8 Å². The second-order valence-corrected chi connectivity index (χ2v) is 9.22. The first-order chi connectivity index (χ1) is 12.4. The molecule has 3 rings (SSSR count). The summed E-state index contributed by atoms with van der Waals surface area (Å²) in [6.07, 6.45) is 12.3. The van der Waals surface area contributed by atoms with E-state index in [-0.39, 0.29) is 0 Å². The van der Waals surface area contributed by atoms with Gasteiger partial charge in [0.15, 0.2) is 0 Å². The highest BCUT2D eigenvalue weighted by molar-refractivity contribution is 9.11. The number of halogens is 1. The fourth-order valence-electron chi connectivity index (χ4n) is 3.88. The number of hydrogen-bond acceptors (Lipinski definition) is 4. The minimum Gasteiger partial charge on any atom is -0.478 e. The Hall–Kier alpha value is -1.18. The van der Waals surface area contributed by atoms with Gasteiger partial charge in [-0.3, -0.25) is 4.90 Å². The Kier molecular flexibility index (Phi) is 8.31. The summed E-state index contributed by atoms with van der Waals surface area (Å²) in [4.78, 5) is 23.5. The lowest BCUT2D eigenvalue weighted by Gasteiger charge is -2.48. The van der Waals surface area contributed by atoms with Crippen molar-refractivity contribution >= 4 is 39.2 Å². The minimum absolute atomic E-state index is 0.384. The molecule has 26 heavy (non-hydrogen) atoms. The Bertz CT molecular complexity index is 615. The zero-order valence-electron chi connectivity index (χ0n) is 14.8. The van der Waals surface area contributed by atoms with Crippen molar-refractivity contribution in [3.63, 3.8) is 0 Å². The van der Waals surface area contributed by atoms with E-state index < -0.39 is 11.9 Å². The number of carboxylic acid groups (broad SMARTS) is 2. The third-order valence-corrected chi connectivity index (χ3v) is 6.86. The summed E-state index contributed by atoms with van der Waals surface area (Å²) in [6, 6.07) is 4.61. The van der Waals surface area contributed by atoms with Crippen molar-refractivity contribution in [2.75, 3.05) is 13.1 Å². The van der Waals surface area contributed by atoms with Gasteiger partial charge in [0, 0.05) is 17.0 Å². The van der Waals surface area contributed by atoms with Crippen LogP contribution in [0.1, 0.15) is 56.2 Å². The van der Waals surface area contributed by atoms with Gasteiger partial charge in [0.1, 0.15) is 0 Å². The highest BCUT2D eigenvalue weighted by Gasteiger charge is 2.40. The van der Waals surface area contributed by atoms with Crippen LogP contribution in [0.3, 0.4) is 0 Å². The largest absolute Gasteiger partial charge is 0.478 e. The highest BCUT2D eigenvalue weighted by Crippen LogP contribution is 2.46. The molecule has 0 spiro atoms. The Morgan fingerprint density at radius 3 is 1.96 bits per heavy atom. The van der Waals surface area contributed by atoms with Crippen molar-refractivity contribution in [2.45, 2.75) is 56.9 Å². The standard InChI is InChI=1S/C15H22BrNS.C4H4O4/c16-14-8-7-13(18-14)15(9-3-1-4-10-15)17-11-5-2-6-12-17;5-3(6)1-2-4(7)8/h7-8H,1-6,9-12H2;1-2H,(H,5,6)(H,7,8)/b;2-1-. The summed E-state index contributed by atoms with van der Waals surface area (Å²) in [6.45, 7) is 2.63. The van der Waals surface area contributed by atoms with Crippen LogP contribution in [0.4, 0.5) is 0 Å². The third kappa shape index (κ3) is 5.93. The molecular formula is C19H26BrNO4S. The second-order valence-electron chi connectivity index (χ2n) is 6.75. The normalized spacial score (nSPS) is 20.3. The predicted molar refractivity (Wildman–Crippen MR) is 107 cm³/mol. The molecule has 0 amide bonds. The summed E-state index contributed by atoms with van der Waals surface area (Å²) in [5, 5.41) is 15.6. The van der Waals surface area contributed by atoms with Crippen molar-refractivity contribution in [1.29, 1.82) is 0 Å². The number of thiophene rings is 1. The molecule has 1 aromatic rings. The van der Waals surface area contributed by atoms with Crippen LogP contribution < -0.4 is 0 Å². The van der Waals surface area contributed by atoms with Crippen LogP contribution in [0, 0.1) is 0 Å². The van der Waals surface area contributed by atoms with Crippen molar-refractivity contribution in [3.05, 3.63) is 32.9 Å². The van der Waals surface area contributed by atoms with Gasteiger partial charge in [-0.05, 0) is 66.8 Å². The van der Waals surface area contributed by atoms with E-state index in [1.54, 1.807) is 4.88 Å². The van der Waals surface area contributed by atoms with Gasteiger partial charge in [-0.15, -0.1) is 11.3 Å². The molecule has 0 radical (unpaired) electrons. The molecule has 2 aliphatic rings. The highest BCUT2D eigenvalue weighted by atomic mass is 79.9. The summed E-state index contributed by atoms with van der Waals surface area (Å²) in [5.41, 5.74) is 0.384. The van der Waals surface area contributed by atoms with Crippen LogP contribution in [0.15, 0.2) is 28.1 Å². The van der Waals surface area contributed by atoms with E-state index >= 15 is 0 Å². The summed E-state index contributed by atoms with van der Waals surface area (Å²) < 4.78 is 1.29. The predicted octanol–water partition coefficient (Wildman–Crippen LogP) is 4.87. The van der Waals surface area contributed by atoms with Crippen molar-refractivity contribution in [3.8, 4) is 0 Å². The van der Waals surface area contributed by atoms with E-state index in [9.17, 15) is 9.59 Å². The van der Waals surface area contributed by atoms with Gasteiger partial charge in [-0.2, -0.15) is 0 Å². The van der Waals surface area contributed by atoms with Crippen LogP contribution in [0.2, 0.25) is 0 Å². The molecule has 1 aromatic heterocycles. The van der Waals surface area contributed by atoms with Gasteiger partial charge in [-0.25, -0.2) is 9.59 Å². The number of carboxylic acids is 2. The lowest BCUT2D eigenvalue weighted by Crippen LogP contribution is -2.49. The molecule has 1 saturated heterocycles. The van der Waals surface area contributed by atoms with E-state index in [0.29, 0.717) is 17.7 Å². The van der Waals surface area contributed by atoms with E-state index in [1.165, 1.54) is 68.2 Å². The van der Waals surface area contributed by atoms with Crippen molar-refractivity contribution in [1.82, 2.24) is 4.90 Å². The van der Waals surface area contributed by atoms with Crippen LogP contribution >= 0.6 is 27.3 Å². The molecule has 0 bridgehead atoms. The van der Waals surface area contributed by atoms with Crippen LogP contribution in [0.5, 0.6) is 0 Å². The molecule has 0 aromatic carbocycles. The molecule has 1 saturated carbocycles. The van der Waals surface area contributed by atoms with Crippen molar-refractivity contribution < 1.29 is 19.8 Å².